The number of nitrogens with two attached hydrogens (primary N) is 1. The van der Waals surface area contributed by atoms with Gasteiger partial charge in [0.2, 0.25) is 0 Å². The lowest BCUT2D eigenvalue weighted by Gasteiger charge is -2.32. The Hall–Kier alpha value is -2.42. The summed E-state index contributed by atoms with van der Waals surface area (Å²) >= 11 is 0. The predicted octanol–water partition coefficient (Wildman–Crippen LogP) is 1.13. The van der Waals surface area contributed by atoms with Gasteiger partial charge in [0.05, 0.1) is 6.54 Å². The van der Waals surface area contributed by atoms with E-state index in [0.29, 0.717) is 18.1 Å². The van der Waals surface area contributed by atoms with E-state index in [1.807, 2.05) is 11.9 Å². The van der Waals surface area contributed by atoms with Crippen molar-refractivity contribution >= 4 is 11.7 Å². The fourth-order valence-electron chi connectivity index (χ4n) is 4.18. The highest BCUT2D eigenvalue weighted by molar-refractivity contribution is 5.93. The van der Waals surface area contributed by atoms with Crippen molar-refractivity contribution in [2.24, 2.45) is 7.05 Å². The molecule has 1 amide bonds. The van der Waals surface area contributed by atoms with E-state index in [1.165, 1.54) is 19.3 Å². The molecule has 0 bridgehead atoms. The second kappa shape index (κ2) is 7.67. The summed E-state index contributed by atoms with van der Waals surface area (Å²) in [5.41, 5.74) is 6.07. The van der Waals surface area contributed by atoms with Crippen molar-refractivity contribution in [3.8, 4) is 0 Å². The highest BCUT2D eigenvalue weighted by Crippen LogP contribution is 2.27. The van der Waals surface area contributed by atoms with Gasteiger partial charge in [0.15, 0.2) is 0 Å². The summed E-state index contributed by atoms with van der Waals surface area (Å²) in [4.78, 5) is 17.0. The third-order valence-electron chi connectivity index (χ3n) is 5.71. The molecule has 0 saturated carbocycles. The van der Waals surface area contributed by atoms with Crippen molar-refractivity contribution in [2.45, 2.75) is 44.6 Å². The molecule has 9 heteroatoms. The fraction of sp³-hybridized carbons (Fsp3) is 0.667. The van der Waals surface area contributed by atoms with E-state index in [4.69, 9.17) is 5.73 Å². The van der Waals surface area contributed by atoms with Crippen LogP contribution in [0.4, 0.5) is 5.82 Å². The minimum atomic E-state index is -0.0559. The van der Waals surface area contributed by atoms with Crippen LogP contribution in [0.3, 0.4) is 0 Å². The van der Waals surface area contributed by atoms with Crippen molar-refractivity contribution in [3.05, 3.63) is 23.4 Å². The van der Waals surface area contributed by atoms with Gasteiger partial charge in [0, 0.05) is 32.1 Å². The van der Waals surface area contributed by atoms with Gasteiger partial charge >= 0.3 is 0 Å². The lowest BCUT2D eigenvalue weighted by Crippen LogP contribution is -2.40. The minimum absolute atomic E-state index is 0.0559. The van der Waals surface area contributed by atoms with Crippen molar-refractivity contribution in [1.82, 2.24) is 34.8 Å². The number of rotatable bonds is 4. The second-order valence-corrected chi connectivity index (χ2v) is 7.67. The molecule has 2 aliphatic heterocycles. The normalized spacial score (nSPS) is 21.5. The Morgan fingerprint density at radius 3 is 2.78 bits per heavy atom. The van der Waals surface area contributed by atoms with E-state index in [1.54, 1.807) is 6.07 Å². The summed E-state index contributed by atoms with van der Waals surface area (Å²) in [5.74, 6) is 2.47. The molecule has 2 fully saturated rings. The largest absolute Gasteiger partial charge is 0.382 e. The Kier molecular flexibility index (Phi) is 5.11. The number of amides is 1. The zero-order valence-electron chi connectivity index (χ0n) is 15.9. The van der Waals surface area contributed by atoms with Gasteiger partial charge in [-0.3, -0.25) is 14.8 Å². The van der Waals surface area contributed by atoms with Crippen LogP contribution in [0.5, 0.6) is 0 Å². The highest BCUT2D eigenvalue weighted by Gasteiger charge is 2.29. The average molecular weight is 372 g/mol. The van der Waals surface area contributed by atoms with Crippen LogP contribution < -0.4 is 5.73 Å². The SMILES string of the molecule is Cn1c(CN2CCCCC2)nnc1C1CCCN(C(=O)c2cc(N)n[nH]2)C1. The molecular formula is C18H28N8O. The zero-order valence-corrected chi connectivity index (χ0v) is 15.9. The molecule has 2 saturated heterocycles. The van der Waals surface area contributed by atoms with E-state index >= 15 is 0 Å². The number of carbonyl (C=O) groups excluding carboxylic acids is 1. The Morgan fingerprint density at radius 1 is 1.22 bits per heavy atom. The summed E-state index contributed by atoms with van der Waals surface area (Å²) in [7, 11) is 2.05. The fourth-order valence-corrected chi connectivity index (χ4v) is 4.18. The predicted molar refractivity (Wildman–Crippen MR) is 101 cm³/mol. The maximum atomic E-state index is 12.7. The highest BCUT2D eigenvalue weighted by atomic mass is 16.2. The number of piperidine rings is 2. The molecule has 1 unspecified atom stereocenters. The Balaban J connectivity index is 1.44. The van der Waals surface area contributed by atoms with Gasteiger partial charge < -0.3 is 15.2 Å². The number of nitrogen functional groups attached to an aromatic ring is 1. The van der Waals surface area contributed by atoms with Crippen molar-refractivity contribution in [3.63, 3.8) is 0 Å². The number of hydrogen-bond acceptors (Lipinski definition) is 6. The van der Waals surface area contributed by atoms with Gasteiger partial charge in [-0.2, -0.15) is 5.10 Å². The molecule has 27 heavy (non-hydrogen) atoms. The first kappa shape index (κ1) is 18.0. The third-order valence-corrected chi connectivity index (χ3v) is 5.71. The van der Waals surface area contributed by atoms with E-state index < -0.39 is 0 Å². The standard InChI is InChI=1S/C18H28N8O/c1-24-16(12-25-7-3-2-4-8-25)22-23-17(24)13-6-5-9-26(11-13)18(27)14-10-15(19)21-20-14/h10,13H,2-9,11-12H2,1H3,(H3,19,20,21). The number of aromatic nitrogens is 5. The first-order valence-corrected chi connectivity index (χ1v) is 9.82. The van der Waals surface area contributed by atoms with Crippen LogP contribution in [0.15, 0.2) is 6.07 Å². The molecule has 2 aromatic heterocycles. The maximum absolute atomic E-state index is 12.7. The van der Waals surface area contributed by atoms with Gasteiger partial charge in [-0.15, -0.1) is 10.2 Å². The summed E-state index contributed by atoms with van der Waals surface area (Å²) in [6.45, 7) is 4.52. The second-order valence-electron chi connectivity index (χ2n) is 7.67. The number of likely N-dealkylation sites (tertiary alicyclic amines) is 2. The summed E-state index contributed by atoms with van der Waals surface area (Å²) in [6.07, 6.45) is 5.83. The van der Waals surface area contributed by atoms with Crippen LogP contribution in [-0.4, -0.2) is 66.8 Å². The van der Waals surface area contributed by atoms with E-state index in [9.17, 15) is 4.79 Å². The number of nitrogens with one attached hydrogen (secondary N) is 1. The van der Waals surface area contributed by atoms with Crippen molar-refractivity contribution in [1.29, 1.82) is 0 Å². The molecule has 1 atom stereocenters. The van der Waals surface area contributed by atoms with Crippen LogP contribution in [0.1, 0.15) is 60.2 Å². The van der Waals surface area contributed by atoms with Gasteiger partial charge in [-0.05, 0) is 38.8 Å². The van der Waals surface area contributed by atoms with Crippen LogP contribution in [-0.2, 0) is 13.6 Å². The topological polar surface area (TPSA) is 109 Å². The minimum Gasteiger partial charge on any atom is -0.382 e. The molecule has 9 nitrogen and oxygen atoms in total. The average Bonchev–Trinajstić information content (AvgIpc) is 3.28. The number of nitrogens with zero attached hydrogens (tertiary/aromatic N) is 6. The Bertz CT molecular complexity index is 791. The van der Waals surface area contributed by atoms with E-state index in [-0.39, 0.29) is 11.8 Å². The number of H-pyrrole nitrogens is 1. The van der Waals surface area contributed by atoms with Crippen LogP contribution >= 0.6 is 0 Å². The zero-order chi connectivity index (χ0) is 18.8. The Labute approximate surface area is 158 Å². The van der Waals surface area contributed by atoms with Crippen molar-refractivity contribution in [2.75, 3.05) is 31.9 Å². The number of anilines is 1. The number of hydrogen-bond donors (Lipinski definition) is 2. The van der Waals surface area contributed by atoms with Gasteiger partial charge in [-0.1, -0.05) is 6.42 Å². The van der Waals surface area contributed by atoms with Crippen LogP contribution in [0.25, 0.3) is 0 Å². The molecule has 4 rings (SSSR count). The van der Waals surface area contributed by atoms with Crippen LogP contribution in [0.2, 0.25) is 0 Å². The molecular weight excluding hydrogens is 344 g/mol. The van der Waals surface area contributed by atoms with E-state index in [0.717, 1.165) is 50.7 Å². The first-order valence-electron chi connectivity index (χ1n) is 9.82. The summed E-state index contributed by atoms with van der Waals surface area (Å²) < 4.78 is 2.13. The quantitative estimate of drug-likeness (QED) is 0.833. The monoisotopic (exact) mass is 372 g/mol. The maximum Gasteiger partial charge on any atom is 0.271 e. The van der Waals surface area contributed by atoms with Gasteiger partial charge in [0.25, 0.3) is 5.91 Å². The number of carbonyl (C=O) groups is 1. The molecule has 0 radical (unpaired) electrons. The molecule has 146 valence electrons. The van der Waals surface area contributed by atoms with Crippen LogP contribution in [0, 0.1) is 0 Å². The Morgan fingerprint density at radius 2 is 2.04 bits per heavy atom. The molecule has 0 aliphatic carbocycles. The molecule has 2 aliphatic rings. The van der Waals surface area contributed by atoms with Crippen molar-refractivity contribution < 1.29 is 4.79 Å². The van der Waals surface area contributed by atoms with E-state index in [2.05, 4.69) is 29.9 Å². The summed E-state index contributed by atoms with van der Waals surface area (Å²) in [5, 5.41) is 15.5. The summed E-state index contributed by atoms with van der Waals surface area (Å²) in [6, 6.07) is 1.59. The smallest absolute Gasteiger partial charge is 0.271 e. The first-order chi connectivity index (χ1) is 13.1. The molecule has 2 aromatic rings. The lowest BCUT2D eigenvalue weighted by molar-refractivity contribution is 0.0697. The molecule has 4 heterocycles. The third kappa shape index (κ3) is 3.83. The number of aromatic amines is 1. The molecule has 3 N–H and O–H groups in total. The van der Waals surface area contributed by atoms with Gasteiger partial charge in [0.1, 0.15) is 23.2 Å². The van der Waals surface area contributed by atoms with Gasteiger partial charge in [-0.25, -0.2) is 0 Å². The molecule has 0 spiro atoms. The lowest BCUT2D eigenvalue weighted by atomic mass is 9.97. The molecule has 0 aromatic carbocycles.